The third kappa shape index (κ3) is 6.51. The zero-order valence-electron chi connectivity index (χ0n) is 16.2. The van der Waals surface area contributed by atoms with Gasteiger partial charge in [0.25, 0.3) is 0 Å². The maximum atomic E-state index is 12.4. The second-order valence-electron chi connectivity index (χ2n) is 6.53. The molecule has 0 aliphatic carbocycles. The third-order valence-electron chi connectivity index (χ3n) is 4.20. The minimum absolute atomic E-state index is 0.0386. The first kappa shape index (κ1) is 22.2. The summed E-state index contributed by atoms with van der Waals surface area (Å²) in [7, 11) is -1.99. The zero-order valence-corrected chi connectivity index (χ0v) is 17.8. The summed E-state index contributed by atoms with van der Waals surface area (Å²) in [5.74, 6) is 0.509. The molecule has 8 heteroatoms. The highest BCUT2D eigenvalue weighted by atomic mass is 35.5. The number of amides is 1. The Morgan fingerprint density at radius 3 is 2.50 bits per heavy atom. The van der Waals surface area contributed by atoms with E-state index in [-0.39, 0.29) is 23.8 Å². The van der Waals surface area contributed by atoms with Crippen LogP contribution in [0.15, 0.2) is 47.4 Å². The largest absolute Gasteiger partial charge is 0.492 e. The van der Waals surface area contributed by atoms with Gasteiger partial charge in [0.2, 0.25) is 15.9 Å². The first-order chi connectivity index (χ1) is 13.2. The Bertz CT molecular complexity index is 914. The Morgan fingerprint density at radius 1 is 1.14 bits per heavy atom. The summed E-state index contributed by atoms with van der Waals surface area (Å²) < 4.78 is 32.9. The fourth-order valence-corrected chi connectivity index (χ4v) is 4.00. The molecule has 0 aliphatic heterocycles. The summed E-state index contributed by atoms with van der Waals surface area (Å²) in [6.07, 6.45) is 0.0710. The van der Waals surface area contributed by atoms with Gasteiger partial charge >= 0.3 is 0 Å². The highest BCUT2D eigenvalue weighted by Crippen LogP contribution is 2.17. The van der Waals surface area contributed by atoms with Crippen molar-refractivity contribution in [2.45, 2.75) is 25.2 Å². The SMILES string of the molecule is Cc1ccc(C)c(S(=O)(=O)NCCC(=O)N(C)CCOc2ccc(Cl)cc2)c1. The van der Waals surface area contributed by atoms with Crippen molar-refractivity contribution in [1.82, 2.24) is 9.62 Å². The van der Waals surface area contributed by atoms with Crippen LogP contribution in [0.1, 0.15) is 17.5 Å². The van der Waals surface area contributed by atoms with E-state index in [1.165, 1.54) is 4.90 Å². The number of benzene rings is 2. The van der Waals surface area contributed by atoms with Crippen LogP contribution in [0.3, 0.4) is 0 Å². The fraction of sp³-hybridized carbons (Fsp3) is 0.350. The number of nitrogens with zero attached hydrogens (tertiary/aromatic N) is 1. The summed E-state index contributed by atoms with van der Waals surface area (Å²) in [6.45, 7) is 4.34. The van der Waals surface area contributed by atoms with E-state index in [2.05, 4.69) is 4.72 Å². The monoisotopic (exact) mass is 424 g/mol. The van der Waals surface area contributed by atoms with Gasteiger partial charge in [-0.3, -0.25) is 4.79 Å². The number of carbonyl (C=O) groups excluding carboxylic acids is 1. The van der Waals surface area contributed by atoms with Gasteiger partial charge in [0.1, 0.15) is 12.4 Å². The van der Waals surface area contributed by atoms with Crippen LogP contribution in [0.2, 0.25) is 5.02 Å². The summed E-state index contributed by atoms with van der Waals surface area (Å²) in [5, 5.41) is 0.628. The predicted molar refractivity (Wildman–Crippen MR) is 110 cm³/mol. The van der Waals surface area contributed by atoms with Crippen LogP contribution in [0.25, 0.3) is 0 Å². The highest BCUT2D eigenvalue weighted by molar-refractivity contribution is 7.89. The molecule has 0 saturated carbocycles. The second kappa shape index (κ2) is 9.91. The number of likely N-dealkylation sites (N-methyl/N-ethyl adjacent to an activating group) is 1. The lowest BCUT2D eigenvalue weighted by atomic mass is 10.2. The van der Waals surface area contributed by atoms with Gasteiger partial charge in [0, 0.05) is 25.0 Å². The minimum atomic E-state index is -3.65. The van der Waals surface area contributed by atoms with Crippen LogP contribution in [-0.2, 0) is 14.8 Å². The van der Waals surface area contributed by atoms with Gasteiger partial charge in [-0.05, 0) is 55.3 Å². The number of hydrogen-bond donors (Lipinski definition) is 1. The molecule has 0 bridgehead atoms. The van der Waals surface area contributed by atoms with Crippen molar-refractivity contribution in [3.05, 3.63) is 58.6 Å². The smallest absolute Gasteiger partial charge is 0.240 e. The van der Waals surface area contributed by atoms with Crippen LogP contribution < -0.4 is 9.46 Å². The zero-order chi connectivity index (χ0) is 20.7. The summed E-state index contributed by atoms with van der Waals surface area (Å²) in [5.41, 5.74) is 1.53. The second-order valence-corrected chi connectivity index (χ2v) is 8.71. The van der Waals surface area contributed by atoms with Crippen LogP contribution in [0, 0.1) is 13.8 Å². The molecule has 2 aromatic carbocycles. The molecule has 0 aromatic heterocycles. The molecule has 0 heterocycles. The van der Waals surface area contributed by atoms with Crippen molar-refractivity contribution in [3.63, 3.8) is 0 Å². The molecule has 152 valence electrons. The molecule has 0 unspecified atom stereocenters. The molecule has 0 spiro atoms. The molecular formula is C20H25ClN2O4S. The third-order valence-corrected chi connectivity index (χ3v) is 6.05. The number of nitrogens with one attached hydrogen (secondary N) is 1. The van der Waals surface area contributed by atoms with Crippen molar-refractivity contribution in [2.75, 3.05) is 26.7 Å². The Labute approximate surface area is 171 Å². The number of carbonyl (C=O) groups is 1. The van der Waals surface area contributed by atoms with Gasteiger partial charge < -0.3 is 9.64 Å². The topological polar surface area (TPSA) is 75.7 Å². The normalized spacial score (nSPS) is 11.3. The van der Waals surface area contributed by atoms with E-state index < -0.39 is 10.0 Å². The Morgan fingerprint density at radius 2 is 1.82 bits per heavy atom. The van der Waals surface area contributed by atoms with Crippen molar-refractivity contribution in [1.29, 1.82) is 0 Å². The first-order valence-corrected chi connectivity index (χ1v) is 10.7. The molecule has 0 atom stereocenters. The summed E-state index contributed by atoms with van der Waals surface area (Å²) in [4.78, 5) is 13.9. The summed E-state index contributed by atoms with van der Waals surface area (Å²) in [6, 6.07) is 12.2. The number of rotatable bonds is 9. The molecule has 0 aliphatic rings. The molecule has 0 fully saturated rings. The molecule has 2 rings (SSSR count). The van der Waals surface area contributed by atoms with Gasteiger partial charge in [0.05, 0.1) is 11.4 Å². The van der Waals surface area contributed by atoms with Gasteiger partial charge in [-0.25, -0.2) is 13.1 Å². The van der Waals surface area contributed by atoms with Gasteiger partial charge in [0.15, 0.2) is 0 Å². The lowest BCUT2D eigenvalue weighted by Gasteiger charge is -2.18. The van der Waals surface area contributed by atoms with E-state index in [9.17, 15) is 13.2 Å². The molecule has 0 saturated heterocycles. The van der Waals surface area contributed by atoms with E-state index in [0.29, 0.717) is 29.5 Å². The molecule has 1 amide bonds. The Kier molecular flexibility index (Phi) is 7.86. The maximum Gasteiger partial charge on any atom is 0.240 e. The van der Waals surface area contributed by atoms with Crippen molar-refractivity contribution < 1.29 is 17.9 Å². The fourth-order valence-electron chi connectivity index (χ4n) is 2.51. The standard InChI is InChI=1S/C20H25ClN2O4S/c1-15-4-5-16(2)19(14-15)28(25,26)22-11-10-20(24)23(3)12-13-27-18-8-6-17(21)7-9-18/h4-9,14,22H,10-13H2,1-3H3. The number of aryl methyl sites for hydroxylation is 2. The molecule has 28 heavy (non-hydrogen) atoms. The Hall–Kier alpha value is -2.09. The van der Waals surface area contributed by atoms with E-state index in [4.69, 9.17) is 16.3 Å². The van der Waals surface area contributed by atoms with Gasteiger partial charge in [-0.1, -0.05) is 23.7 Å². The predicted octanol–water partition coefficient (Wildman–Crippen LogP) is 3.16. The highest BCUT2D eigenvalue weighted by Gasteiger charge is 2.17. The average Bonchev–Trinajstić information content (AvgIpc) is 2.64. The maximum absolute atomic E-state index is 12.4. The molecular weight excluding hydrogens is 400 g/mol. The van der Waals surface area contributed by atoms with Gasteiger partial charge in [-0.2, -0.15) is 0 Å². The molecule has 1 N–H and O–H groups in total. The number of hydrogen-bond acceptors (Lipinski definition) is 4. The number of halogens is 1. The van der Waals surface area contributed by atoms with Crippen molar-refractivity contribution in [3.8, 4) is 5.75 Å². The molecule has 2 aromatic rings. The molecule has 6 nitrogen and oxygen atoms in total. The van der Waals surface area contributed by atoms with Crippen LogP contribution in [0.5, 0.6) is 5.75 Å². The van der Waals surface area contributed by atoms with Crippen molar-refractivity contribution in [2.24, 2.45) is 0 Å². The number of sulfonamides is 1. The first-order valence-electron chi connectivity index (χ1n) is 8.88. The average molecular weight is 425 g/mol. The van der Waals surface area contributed by atoms with Crippen LogP contribution in [0.4, 0.5) is 0 Å². The molecule has 0 radical (unpaired) electrons. The van der Waals surface area contributed by atoms with E-state index >= 15 is 0 Å². The quantitative estimate of drug-likeness (QED) is 0.670. The minimum Gasteiger partial charge on any atom is -0.492 e. The summed E-state index contributed by atoms with van der Waals surface area (Å²) >= 11 is 5.82. The van der Waals surface area contributed by atoms with Crippen LogP contribution >= 0.6 is 11.6 Å². The van der Waals surface area contributed by atoms with E-state index in [1.54, 1.807) is 50.4 Å². The van der Waals surface area contributed by atoms with Crippen LogP contribution in [-0.4, -0.2) is 46.0 Å². The van der Waals surface area contributed by atoms with Crippen molar-refractivity contribution >= 4 is 27.5 Å². The Balaban J connectivity index is 1.77. The lowest BCUT2D eigenvalue weighted by Crippen LogP contribution is -2.34. The van der Waals surface area contributed by atoms with E-state index in [1.807, 2.05) is 13.0 Å². The van der Waals surface area contributed by atoms with Gasteiger partial charge in [-0.15, -0.1) is 0 Å². The van der Waals surface area contributed by atoms with E-state index in [0.717, 1.165) is 5.56 Å². The number of ether oxygens (including phenoxy) is 1. The lowest BCUT2D eigenvalue weighted by molar-refractivity contribution is -0.130.